The summed E-state index contributed by atoms with van der Waals surface area (Å²) in [7, 11) is 1.61. The molecule has 2 rings (SSSR count). The summed E-state index contributed by atoms with van der Waals surface area (Å²) in [5, 5.41) is 3.08. The smallest absolute Gasteiger partial charge is 0.261 e. The number of carbonyl (C=O) groups is 1. The highest BCUT2D eigenvalue weighted by Gasteiger charge is 2.23. The highest BCUT2D eigenvalue weighted by molar-refractivity contribution is 5.81. The third-order valence-electron chi connectivity index (χ3n) is 3.68. The Morgan fingerprint density at radius 1 is 1.35 bits per heavy atom. The van der Waals surface area contributed by atoms with Crippen LogP contribution in [-0.4, -0.2) is 25.2 Å². The van der Waals surface area contributed by atoms with Crippen molar-refractivity contribution in [3.05, 3.63) is 24.3 Å². The molecule has 1 aliphatic rings. The van der Waals surface area contributed by atoms with Gasteiger partial charge in [0.25, 0.3) is 5.91 Å². The molecular weight excluding hydrogens is 254 g/mol. The molecule has 1 aromatic carbocycles. The first-order valence-corrected chi connectivity index (χ1v) is 7.34. The average molecular weight is 277 g/mol. The van der Waals surface area contributed by atoms with Crippen molar-refractivity contribution in [2.75, 3.05) is 7.11 Å². The highest BCUT2D eigenvalue weighted by atomic mass is 16.5. The Kier molecular flexibility index (Phi) is 5.27. The van der Waals surface area contributed by atoms with Gasteiger partial charge in [-0.2, -0.15) is 0 Å². The van der Waals surface area contributed by atoms with Gasteiger partial charge in [-0.15, -0.1) is 0 Å². The lowest BCUT2D eigenvalue weighted by molar-refractivity contribution is -0.128. The predicted molar refractivity (Wildman–Crippen MR) is 78.1 cm³/mol. The zero-order valence-electron chi connectivity index (χ0n) is 12.2. The molecule has 1 aromatic rings. The molecule has 0 saturated heterocycles. The van der Waals surface area contributed by atoms with E-state index in [-0.39, 0.29) is 5.91 Å². The van der Waals surface area contributed by atoms with Crippen molar-refractivity contribution >= 4 is 5.91 Å². The van der Waals surface area contributed by atoms with Crippen LogP contribution in [0.2, 0.25) is 0 Å². The standard InChI is InChI=1S/C16H23NO3/c1-3-15(16(18)17-12-7-4-5-8-12)20-14-10-6-9-13(11-14)19-2/h6,9-12,15H,3-5,7-8H2,1-2H3,(H,17,18)/t15-/m0/s1. The molecule has 0 aromatic heterocycles. The van der Waals surface area contributed by atoms with Crippen molar-refractivity contribution < 1.29 is 14.3 Å². The van der Waals surface area contributed by atoms with Crippen LogP contribution < -0.4 is 14.8 Å². The Labute approximate surface area is 120 Å². The minimum atomic E-state index is -0.442. The van der Waals surface area contributed by atoms with Gasteiger partial charge >= 0.3 is 0 Å². The Morgan fingerprint density at radius 2 is 2.05 bits per heavy atom. The number of nitrogens with one attached hydrogen (secondary N) is 1. The molecule has 1 fully saturated rings. The lowest BCUT2D eigenvalue weighted by Gasteiger charge is -2.20. The first kappa shape index (κ1) is 14.7. The molecule has 0 aliphatic heterocycles. The molecule has 0 bridgehead atoms. The minimum absolute atomic E-state index is 0.0118. The van der Waals surface area contributed by atoms with Gasteiger partial charge in [0.15, 0.2) is 6.10 Å². The van der Waals surface area contributed by atoms with Gasteiger partial charge in [-0.05, 0) is 31.4 Å². The van der Waals surface area contributed by atoms with Crippen LogP contribution >= 0.6 is 0 Å². The van der Waals surface area contributed by atoms with Crippen molar-refractivity contribution in [1.29, 1.82) is 0 Å². The van der Waals surface area contributed by atoms with Crippen molar-refractivity contribution in [1.82, 2.24) is 5.32 Å². The van der Waals surface area contributed by atoms with E-state index in [1.54, 1.807) is 13.2 Å². The number of hydrogen-bond donors (Lipinski definition) is 1. The number of hydrogen-bond acceptors (Lipinski definition) is 3. The maximum Gasteiger partial charge on any atom is 0.261 e. The third kappa shape index (κ3) is 3.89. The van der Waals surface area contributed by atoms with E-state index >= 15 is 0 Å². The SMILES string of the molecule is CC[C@H](Oc1cccc(OC)c1)C(=O)NC1CCCC1. The zero-order chi connectivity index (χ0) is 14.4. The zero-order valence-corrected chi connectivity index (χ0v) is 12.2. The van der Waals surface area contributed by atoms with Crippen LogP contribution in [-0.2, 0) is 4.79 Å². The number of ether oxygens (including phenoxy) is 2. The van der Waals surface area contributed by atoms with E-state index in [9.17, 15) is 4.79 Å². The molecule has 0 unspecified atom stereocenters. The summed E-state index contributed by atoms with van der Waals surface area (Å²) in [4.78, 5) is 12.2. The molecule has 1 atom stereocenters. The highest BCUT2D eigenvalue weighted by Crippen LogP contribution is 2.21. The van der Waals surface area contributed by atoms with E-state index in [1.807, 2.05) is 25.1 Å². The van der Waals surface area contributed by atoms with E-state index in [1.165, 1.54) is 12.8 Å². The Hall–Kier alpha value is -1.71. The summed E-state index contributed by atoms with van der Waals surface area (Å²) in [6.45, 7) is 1.96. The minimum Gasteiger partial charge on any atom is -0.497 e. The Morgan fingerprint density at radius 3 is 2.70 bits per heavy atom. The lowest BCUT2D eigenvalue weighted by Crippen LogP contribution is -2.42. The van der Waals surface area contributed by atoms with Gasteiger partial charge in [0.1, 0.15) is 11.5 Å². The largest absolute Gasteiger partial charge is 0.497 e. The fraction of sp³-hybridized carbons (Fsp3) is 0.562. The third-order valence-corrected chi connectivity index (χ3v) is 3.68. The maximum absolute atomic E-state index is 12.2. The molecule has 0 radical (unpaired) electrons. The number of amides is 1. The summed E-state index contributed by atoms with van der Waals surface area (Å²) in [5.41, 5.74) is 0. The van der Waals surface area contributed by atoms with Gasteiger partial charge in [0.2, 0.25) is 0 Å². The molecule has 20 heavy (non-hydrogen) atoms. The normalized spacial score (nSPS) is 16.7. The molecule has 0 heterocycles. The number of carbonyl (C=O) groups excluding carboxylic acids is 1. The maximum atomic E-state index is 12.2. The average Bonchev–Trinajstić information content (AvgIpc) is 2.97. The van der Waals surface area contributed by atoms with Gasteiger partial charge in [-0.3, -0.25) is 4.79 Å². The van der Waals surface area contributed by atoms with Crippen LogP contribution in [0.3, 0.4) is 0 Å². The van der Waals surface area contributed by atoms with Crippen molar-refractivity contribution in [2.24, 2.45) is 0 Å². The second-order valence-electron chi connectivity index (χ2n) is 5.18. The van der Waals surface area contributed by atoms with Gasteiger partial charge in [0.05, 0.1) is 7.11 Å². The monoisotopic (exact) mass is 277 g/mol. The summed E-state index contributed by atoms with van der Waals surface area (Å²) in [6, 6.07) is 7.67. The molecule has 4 nitrogen and oxygen atoms in total. The Balaban J connectivity index is 1.94. The van der Waals surface area contributed by atoms with Crippen molar-refractivity contribution in [2.45, 2.75) is 51.2 Å². The molecular formula is C16H23NO3. The number of benzene rings is 1. The van der Waals surface area contributed by atoms with Gasteiger partial charge < -0.3 is 14.8 Å². The fourth-order valence-corrected chi connectivity index (χ4v) is 2.53. The van der Waals surface area contributed by atoms with E-state index in [2.05, 4.69) is 5.32 Å². The van der Waals surface area contributed by atoms with E-state index in [0.717, 1.165) is 18.6 Å². The summed E-state index contributed by atoms with van der Waals surface area (Å²) >= 11 is 0. The van der Waals surface area contributed by atoms with Crippen LogP contribution in [0.25, 0.3) is 0 Å². The molecule has 110 valence electrons. The molecule has 1 N–H and O–H groups in total. The molecule has 1 aliphatic carbocycles. The second kappa shape index (κ2) is 7.17. The van der Waals surface area contributed by atoms with Gasteiger partial charge in [-0.25, -0.2) is 0 Å². The van der Waals surface area contributed by atoms with Crippen LogP contribution in [0.15, 0.2) is 24.3 Å². The quantitative estimate of drug-likeness (QED) is 0.869. The van der Waals surface area contributed by atoms with Gasteiger partial charge in [-0.1, -0.05) is 25.8 Å². The molecule has 4 heteroatoms. The molecule has 1 amide bonds. The number of rotatable bonds is 6. The van der Waals surface area contributed by atoms with Crippen LogP contribution in [0.4, 0.5) is 0 Å². The lowest BCUT2D eigenvalue weighted by atomic mass is 10.2. The first-order valence-electron chi connectivity index (χ1n) is 7.34. The van der Waals surface area contributed by atoms with Crippen LogP contribution in [0.1, 0.15) is 39.0 Å². The van der Waals surface area contributed by atoms with E-state index in [0.29, 0.717) is 18.2 Å². The van der Waals surface area contributed by atoms with Gasteiger partial charge in [0, 0.05) is 12.1 Å². The fourth-order valence-electron chi connectivity index (χ4n) is 2.53. The van der Waals surface area contributed by atoms with Crippen molar-refractivity contribution in [3.63, 3.8) is 0 Å². The summed E-state index contributed by atoms with van der Waals surface area (Å²) in [6.07, 6.45) is 4.79. The van der Waals surface area contributed by atoms with Crippen molar-refractivity contribution in [3.8, 4) is 11.5 Å². The topological polar surface area (TPSA) is 47.6 Å². The number of methoxy groups -OCH3 is 1. The summed E-state index contributed by atoms with van der Waals surface area (Å²) < 4.78 is 10.9. The second-order valence-corrected chi connectivity index (χ2v) is 5.18. The van der Waals surface area contributed by atoms with E-state index < -0.39 is 6.10 Å². The Bertz CT molecular complexity index is 441. The van der Waals surface area contributed by atoms with Crippen LogP contribution in [0, 0.1) is 0 Å². The molecule has 0 spiro atoms. The predicted octanol–water partition coefficient (Wildman–Crippen LogP) is 2.91. The van der Waals surface area contributed by atoms with E-state index in [4.69, 9.17) is 9.47 Å². The summed E-state index contributed by atoms with van der Waals surface area (Å²) in [5.74, 6) is 1.38. The first-order chi connectivity index (χ1) is 9.72. The molecule has 1 saturated carbocycles. The van der Waals surface area contributed by atoms with Crippen LogP contribution in [0.5, 0.6) is 11.5 Å².